The van der Waals surface area contributed by atoms with Crippen molar-refractivity contribution in [1.82, 2.24) is 0 Å². The van der Waals surface area contributed by atoms with Gasteiger partial charge >= 0.3 is 19.5 Å². The summed E-state index contributed by atoms with van der Waals surface area (Å²) >= 11 is 0. The Hall–Kier alpha value is -2.47. The molecule has 0 saturated heterocycles. The van der Waals surface area contributed by atoms with E-state index >= 15 is 0 Å². The number of rotatable bonds is 9. The molecule has 0 aliphatic carbocycles. The number of carboxylic acid groups (broad SMARTS) is 2. The molecule has 0 atom stereocenters. The minimum absolute atomic E-state index is 0.0554. The third-order valence-electron chi connectivity index (χ3n) is 4.68. The Morgan fingerprint density at radius 1 is 0.897 bits per heavy atom. The second-order valence-corrected chi connectivity index (χ2v) is 8.55. The second-order valence-electron chi connectivity index (χ2n) is 6.50. The molecule has 2 rings (SSSR count). The highest BCUT2D eigenvalue weighted by Gasteiger charge is 2.27. The normalized spacial score (nSPS) is 11.4. The summed E-state index contributed by atoms with van der Waals surface area (Å²) in [6.45, 7) is 7.32. The van der Waals surface area contributed by atoms with E-state index in [-0.39, 0.29) is 30.5 Å². The van der Waals surface area contributed by atoms with E-state index in [1.807, 2.05) is 0 Å². The van der Waals surface area contributed by atoms with Gasteiger partial charge < -0.3 is 19.3 Å². The van der Waals surface area contributed by atoms with Crippen LogP contribution >= 0.6 is 7.60 Å². The van der Waals surface area contributed by atoms with Gasteiger partial charge in [-0.25, -0.2) is 9.59 Å². The number of hydrogen-bond acceptors (Lipinski definition) is 5. The zero-order valence-corrected chi connectivity index (χ0v) is 17.8. The van der Waals surface area contributed by atoms with Gasteiger partial charge in [0.25, 0.3) is 0 Å². The molecule has 0 amide bonds. The van der Waals surface area contributed by atoms with Crippen LogP contribution in [0.15, 0.2) is 30.3 Å². The molecule has 0 aromatic heterocycles. The average molecular weight is 420 g/mol. The summed E-state index contributed by atoms with van der Waals surface area (Å²) in [5.74, 6) is -2.12. The lowest BCUT2D eigenvalue weighted by Crippen LogP contribution is -2.05. The fraction of sp³-hybridized carbons (Fsp3) is 0.333. The molecule has 0 aliphatic rings. The van der Waals surface area contributed by atoms with Crippen LogP contribution in [0.25, 0.3) is 11.1 Å². The molecule has 0 heterocycles. The monoisotopic (exact) mass is 420 g/mol. The first-order valence-corrected chi connectivity index (χ1v) is 10.9. The van der Waals surface area contributed by atoms with Crippen molar-refractivity contribution in [2.45, 2.75) is 33.9 Å². The van der Waals surface area contributed by atoms with Crippen molar-refractivity contribution < 1.29 is 33.4 Å². The van der Waals surface area contributed by atoms with Crippen molar-refractivity contribution in [1.29, 1.82) is 0 Å². The maximum Gasteiger partial charge on any atom is 0.335 e. The van der Waals surface area contributed by atoms with E-state index in [0.717, 1.165) is 11.1 Å². The van der Waals surface area contributed by atoms with Gasteiger partial charge in [-0.2, -0.15) is 0 Å². The van der Waals surface area contributed by atoms with Crippen LogP contribution in [0.5, 0.6) is 0 Å². The number of carboxylic acids is 2. The predicted octanol–water partition coefficient (Wildman–Crippen LogP) is 5.13. The second kappa shape index (κ2) is 9.35. The molecule has 2 aromatic carbocycles. The fourth-order valence-electron chi connectivity index (χ4n) is 3.20. The number of carbonyl (C=O) groups is 2. The topological polar surface area (TPSA) is 110 Å². The van der Waals surface area contributed by atoms with Gasteiger partial charge in [0.15, 0.2) is 0 Å². The van der Waals surface area contributed by atoms with Gasteiger partial charge in [0, 0.05) is 0 Å². The van der Waals surface area contributed by atoms with E-state index in [0.29, 0.717) is 16.7 Å². The van der Waals surface area contributed by atoms with E-state index < -0.39 is 19.5 Å². The molecule has 0 spiro atoms. The summed E-state index contributed by atoms with van der Waals surface area (Å²) in [6.07, 6.45) is -0.0930. The van der Waals surface area contributed by atoms with Crippen LogP contribution in [0.3, 0.4) is 0 Å². The Morgan fingerprint density at radius 2 is 1.48 bits per heavy atom. The van der Waals surface area contributed by atoms with Crippen molar-refractivity contribution in [2.24, 2.45) is 0 Å². The molecule has 156 valence electrons. The Labute approximate surface area is 169 Å². The van der Waals surface area contributed by atoms with E-state index in [1.165, 1.54) is 18.2 Å². The molecule has 29 heavy (non-hydrogen) atoms. The number of hydrogen-bond donors (Lipinski definition) is 2. The van der Waals surface area contributed by atoms with Gasteiger partial charge in [0.05, 0.1) is 30.5 Å². The highest BCUT2D eigenvalue weighted by atomic mass is 31.2. The van der Waals surface area contributed by atoms with Gasteiger partial charge in [0.1, 0.15) is 0 Å². The largest absolute Gasteiger partial charge is 0.478 e. The molecule has 2 aromatic rings. The Balaban J connectivity index is 2.67. The molecule has 7 nitrogen and oxygen atoms in total. The van der Waals surface area contributed by atoms with Crippen LogP contribution in [0, 0.1) is 13.8 Å². The minimum atomic E-state index is -3.48. The smallest absolute Gasteiger partial charge is 0.335 e. The molecule has 0 fully saturated rings. The summed E-state index contributed by atoms with van der Waals surface area (Å²) in [7, 11) is -3.48. The van der Waals surface area contributed by atoms with Crippen LogP contribution < -0.4 is 0 Å². The Morgan fingerprint density at radius 3 is 2.00 bits per heavy atom. The van der Waals surface area contributed by atoms with Crippen LogP contribution in [0.2, 0.25) is 0 Å². The molecule has 0 aliphatic heterocycles. The van der Waals surface area contributed by atoms with E-state index in [4.69, 9.17) is 9.05 Å². The summed E-state index contributed by atoms with van der Waals surface area (Å²) in [4.78, 5) is 22.9. The molecule has 0 saturated carbocycles. The van der Waals surface area contributed by atoms with Crippen LogP contribution in [0.4, 0.5) is 0 Å². The third kappa shape index (κ3) is 5.12. The van der Waals surface area contributed by atoms with Crippen molar-refractivity contribution in [2.75, 3.05) is 13.2 Å². The van der Waals surface area contributed by atoms with E-state index in [1.54, 1.807) is 39.8 Å². The minimum Gasteiger partial charge on any atom is -0.478 e. The third-order valence-corrected chi connectivity index (χ3v) is 6.71. The Bertz CT molecular complexity index is 971. The summed E-state index contributed by atoms with van der Waals surface area (Å²) in [5.41, 5.74) is 3.51. The highest BCUT2D eigenvalue weighted by Crippen LogP contribution is 2.52. The van der Waals surface area contributed by atoms with Gasteiger partial charge in [0.2, 0.25) is 0 Å². The Kier molecular flexibility index (Phi) is 7.36. The van der Waals surface area contributed by atoms with Gasteiger partial charge in [-0.15, -0.1) is 0 Å². The van der Waals surface area contributed by atoms with Crippen molar-refractivity contribution >= 4 is 19.5 Å². The van der Waals surface area contributed by atoms with Crippen LogP contribution in [0.1, 0.15) is 51.3 Å². The van der Waals surface area contributed by atoms with Crippen molar-refractivity contribution in [3.05, 3.63) is 58.1 Å². The first-order chi connectivity index (χ1) is 13.6. The lowest BCUT2D eigenvalue weighted by Gasteiger charge is -2.20. The molecule has 0 unspecified atom stereocenters. The lowest BCUT2D eigenvalue weighted by molar-refractivity contribution is 0.0685. The molecular formula is C21H25O7P. The zero-order chi connectivity index (χ0) is 21.8. The highest BCUT2D eigenvalue weighted by molar-refractivity contribution is 7.53. The standard InChI is InChI=1S/C21H25O7P/c1-5-27-29(26,28-6-2)12-16-11-15(20(22)23)7-8-19(16)17-9-10-18(21(24)25)14(4)13(17)3/h7-11H,5-6,12H2,1-4H3,(H,22,23)(H,24,25). The maximum atomic E-state index is 13.1. The number of benzene rings is 2. The average Bonchev–Trinajstić information content (AvgIpc) is 2.64. The molecule has 0 radical (unpaired) electrons. The zero-order valence-electron chi connectivity index (χ0n) is 16.9. The van der Waals surface area contributed by atoms with Crippen molar-refractivity contribution in [3.8, 4) is 11.1 Å². The van der Waals surface area contributed by atoms with Crippen molar-refractivity contribution in [3.63, 3.8) is 0 Å². The van der Waals surface area contributed by atoms with Crippen LogP contribution in [-0.4, -0.2) is 35.4 Å². The first-order valence-electron chi connectivity index (χ1n) is 9.21. The molecule has 2 N–H and O–H groups in total. The molecular weight excluding hydrogens is 395 g/mol. The molecule has 0 bridgehead atoms. The maximum absolute atomic E-state index is 13.1. The van der Waals surface area contributed by atoms with E-state index in [9.17, 15) is 24.4 Å². The van der Waals surface area contributed by atoms with Crippen LogP contribution in [-0.2, 0) is 19.8 Å². The predicted molar refractivity (Wildman–Crippen MR) is 110 cm³/mol. The van der Waals surface area contributed by atoms with Gasteiger partial charge in [-0.1, -0.05) is 12.1 Å². The lowest BCUT2D eigenvalue weighted by atomic mass is 9.90. The van der Waals surface area contributed by atoms with Gasteiger partial charge in [-0.05, 0) is 73.7 Å². The SMILES string of the molecule is CCOP(=O)(Cc1cc(C(=O)O)ccc1-c1ccc(C(=O)O)c(C)c1C)OCC. The fourth-order valence-corrected chi connectivity index (χ4v) is 4.92. The summed E-state index contributed by atoms with van der Waals surface area (Å²) in [6, 6.07) is 7.76. The summed E-state index contributed by atoms with van der Waals surface area (Å²) in [5, 5.41) is 18.7. The first kappa shape index (κ1) is 22.8. The molecule has 8 heteroatoms. The quantitative estimate of drug-likeness (QED) is 0.541. The summed E-state index contributed by atoms with van der Waals surface area (Å²) < 4.78 is 23.8. The van der Waals surface area contributed by atoms with E-state index in [2.05, 4.69) is 0 Å². The van der Waals surface area contributed by atoms with Gasteiger partial charge in [-0.3, -0.25) is 4.57 Å². The number of aromatic carboxylic acids is 2.